The molecule has 0 aliphatic rings. The number of phosphoric ester groups is 1. The van der Waals surface area contributed by atoms with Crippen LogP contribution in [0.3, 0.4) is 0 Å². The molecule has 0 bridgehead atoms. The van der Waals surface area contributed by atoms with Gasteiger partial charge in [0.15, 0.2) is 0 Å². The Morgan fingerprint density at radius 2 is 1.14 bits per heavy atom. The zero-order valence-electron chi connectivity index (χ0n) is 22.6. The Morgan fingerprint density at radius 1 is 0.743 bits per heavy atom. The SMILES string of the molecule is C[N+](C)(C)CC(CCCCCCCCCCCCCCCCCc1ccc([125I])cc1)OP(=O)(O)O. The molecule has 0 aliphatic heterocycles. The third-order valence-electron chi connectivity index (χ3n) is 6.44. The van der Waals surface area contributed by atoms with Crippen molar-refractivity contribution in [2.24, 2.45) is 0 Å². The third kappa shape index (κ3) is 21.8. The highest BCUT2D eigenvalue weighted by Gasteiger charge is 2.26. The Balaban J connectivity index is 1.86. The van der Waals surface area contributed by atoms with E-state index in [1.54, 1.807) is 0 Å². The van der Waals surface area contributed by atoms with Gasteiger partial charge in [-0.05, 0) is 59.5 Å². The van der Waals surface area contributed by atoms with Gasteiger partial charge in [0.05, 0.1) is 21.1 Å². The zero-order valence-corrected chi connectivity index (χ0v) is 25.6. The van der Waals surface area contributed by atoms with Crippen molar-refractivity contribution in [3.63, 3.8) is 0 Å². The predicted molar refractivity (Wildman–Crippen MR) is 157 cm³/mol. The van der Waals surface area contributed by atoms with Gasteiger partial charge in [-0.25, -0.2) is 4.57 Å². The maximum absolute atomic E-state index is 11.2. The molecule has 1 aromatic rings. The van der Waals surface area contributed by atoms with Crippen LogP contribution in [0.25, 0.3) is 0 Å². The van der Waals surface area contributed by atoms with E-state index in [2.05, 4.69) is 46.9 Å². The summed E-state index contributed by atoms with van der Waals surface area (Å²) < 4.78 is 18.2. The van der Waals surface area contributed by atoms with Crippen LogP contribution in [-0.4, -0.2) is 48.1 Å². The monoisotopic (exact) mass is 622 g/mol. The lowest BCUT2D eigenvalue weighted by Gasteiger charge is -2.29. The van der Waals surface area contributed by atoms with Crippen LogP contribution in [0.4, 0.5) is 0 Å². The average molecular weight is 623 g/mol. The summed E-state index contributed by atoms with van der Waals surface area (Å²) in [6.07, 6.45) is 21.1. The summed E-state index contributed by atoms with van der Waals surface area (Å²) in [5.41, 5.74) is 1.47. The molecule has 0 spiro atoms. The molecule has 0 fully saturated rings. The summed E-state index contributed by atoms with van der Waals surface area (Å²) in [5, 5.41) is 0. The van der Waals surface area contributed by atoms with E-state index in [0.717, 1.165) is 12.8 Å². The molecule has 1 unspecified atom stereocenters. The molecule has 0 amide bonds. The molecule has 7 heteroatoms. The van der Waals surface area contributed by atoms with E-state index in [9.17, 15) is 4.57 Å². The van der Waals surface area contributed by atoms with Crippen molar-refractivity contribution >= 4 is 30.4 Å². The van der Waals surface area contributed by atoms with Crippen LogP contribution < -0.4 is 0 Å². The van der Waals surface area contributed by atoms with E-state index < -0.39 is 7.82 Å². The molecule has 0 aliphatic carbocycles. The number of quaternary nitrogens is 1. The van der Waals surface area contributed by atoms with Gasteiger partial charge in [0.25, 0.3) is 0 Å². The van der Waals surface area contributed by atoms with Gasteiger partial charge in [0, 0.05) is 3.57 Å². The van der Waals surface area contributed by atoms with Crippen molar-refractivity contribution in [2.75, 3.05) is 27.7 Å². The lowest BCUT2D eigenvalue weighted by molar-refractivity contribution is -0.873. The van der Waals surface area contributed by atoms with E-state index in [0.29, 0.717) is 17.4 Å². The number of phosphoric acid groups is 1. The number of unbranched alkanes of at least 4 members (excludes halogenated alkanes) is 14. The molecule has 2 N–H and O–H groups in total. The standard InChI is InChI=1S/C28H51INO4P/c1-30(2,3)25-28(34-35(31,32)33)20-18-16-14-12-10-8-6-4-5-7-9-11-13-15-17-19-26-21-23-27(29)24-22-26/h21-24,28H,4-20,25H2,1-3H3,(H-,31,32,33)/p+1/i29-2. The van der Waals surface area contributed by atoms with E-state index in [4.69, 9.17) is 14.3 Å². The van der Waals surface area contributed by atoms with E-state index >= 15 is 0 Å². The van der Waals surface area contributed by atoms with Crippen molar-refractivity contribution in [1.29, 1.82) is 0 Å². The molecule has 0 saturated carbocycles. The quantitative estimate of drug-likeness (QED) is 0.0592. The number of aryl methyl sites for hydroxylation is 1. The molecule has 0 heterocycles. The molecule has 5 nitrogen and oxygen atoms in total. The molecular formula is C28H52INO4P+. The Hall–Kier alpha value is 0.0200. The van der Waals surface area contributed by atoms with Crippen LogP contribution in [0.5, 0.6) is 0 Å². The molecule has 35 heavy (non-hydrogen) atoms. The van der Waals surface area contributed by atoms with Gasteiger partial charge in [-0.1, -0.05) is 102 Å². The van der Waals surface area contributed by atoms with Gasteiger partial charge in [0.2, 0.25) is 0 Å². The number of hydrogen-bond donors (Lipinski definition) is 2. The normalized spacial score (nSPS) is 13.3. The first kappa shape index (κ1) is 33.0. The third-order valence-corrected chi connectivity index (χ3v) is 7.73. The minimum Gasteiger partial charge on any atom is -0.329 e. The number of likely N-dealkylation sites (N-methyl/N-ethyl adjacent to an activating group) is 1. The summed E-state index contributed by atoms with van der Waals surface area (Å²) in [7, 11) is 1.63. The predicted octanol–water partition coefficient (Wildman–Crippen LogP) is 8.26. The zero-order chi connectivity index (χ0) is 26.0. The van der Waals surface area contributed by atoms with Gasteiger partial charge >= 0.3 is 7.82 Å². The fraction of sp³-hybridized carbons (Fsp3) is 0.786. The second kappa shape index (κ2) is 19.1. The molecule has 1 atom stereocenters. The summed E-state index contributed by atoms with van der Waals surface area (Å²) in [5.74, 6) is 0. The molecule has 204 valence electrons. The van der Waals surface area contributed by atoms with Crippen LogP contribution in [0.15, 0.2) is 24.3 Å². The van der Waals surface area contributed by atoms with Crippen LogP contribution >= 0.6 is 30.4 Å². The van der Waals surface area contributed by atoms with E-state index in [1.165, 1.54) is 99.0 Å². The number of hydrogen-bond acceptors (Lipinski definition) is 2. The molecule has 1 aromatic carbocycles. The highest BCUT2D eigenvalue weighted by Crippen LogP contribution is 2.39. The smallest absolute Gasteiger partial charge is 0.329 e. The first-order valence-corrected chi connectivity index (χ1v) is 16.4. The number of halogens is 1. The Morgan fingerprint density at radius 3 is 1.54 bits per heavy atom. The fourth-order valence-corrected chi connectivity index (χ4v) is 5.55. The second-order valence-electron chi connectivity index (χ2n) is 11.2. The molecule has 1 rings (SSSR count). The average Bonchev–Trinajstić information content (AvgIpc) is 2.75. The van der Waals surface area contributed by atoms with Crippen molar-refractivity contribution < 1.29 is 23.4 Å². The highest BCUT2D eigenvalue weighted by molar-refractivity contribution is 14.1. The van der Waals surface area contributed by atoms with Crippen LogP contribution in [0.1, 0.15) is 108 Å². The first-order chi connectivity index (χ1) is 16.6. The Labute approximate surface area is 229 Å². The second-order valence-corrected chi connectivity index (χ2v) is 13.6. The van der Waals surface area contributed by atoms with Gasteiger partial charge in [-0.2, -0.15) is 0 Å². The maximum atomic E-state index is 11.2. The van der Waals surface area contributed by atoms with Gasteiger partial charge < -0.3 is 14.3 Å². The molecule has 0 saturated heterocycles. The van der Waals surface area contributed by atoms with Gasteiger partial charge in [0.1, 0.15) is 12.6 Å². The first-order valence-electron chi connectivity index (χ1n) is 13.8. The molecule has 0 radical (unpaired) electrons. The number of nitrogens with zero attached hydrogens (tertiary/aromatic N) is 1. The van der Waals surface area contributed by atoms with E-state index in [1.807, 2.05) is 21.1 Å². The lowest BCUT2D eigenvalue weighted by Crippen LogP contribution is -2.42. The van der Waals surface area contributed by atoms with Gasteiger partial charge in [-0.3, -0.25) is 4.52 Å². The fourth-order valence-electron chi connectivity index (χ4n) is 4.63. The number of rotatable bonds is 22. The Kier molecular flexibility index (Phi) is 18.1. The number of benzene rings is 1. The summed E-state index contributed by atoms with van der Waals surface area (Å²) in [6, 6.07) is 8.94. The highest BCUT2D eigenvalue weighted by atomic mass is 125. The topological polar surface area (TPSA) is 66.8 Å². The minimum atomic E-state index is -4.42. The summed E-state index contributed by atoms with van der Waals surface area (Å²) in [4.78, 5) is 18.3. The largest absolute Gasteiger partial charge is 0.470 e. The Bertz CT molecular complexity index is 687. The van der Waals surface area contributed by atoms with Crippen LogP contribution in [0, 0.1) is 3.57 Å². The van der Waals surface area contributed by atoms with Crippen molar-refractivity contribution in [3.05, 3.63) is 33.4 Å². The molecular weight excluding hydrogens is 570 g/mol. The van der Waals surface area contributed by atoms with Crippen LogP contribution in [-0.2, 0) is 15.5 Å². The van der Waals surface area contributed by atoms with Crippen molar-refractivity contribution in [3.8, 4) is 0 Å². The van der Waals surface area contributed by atoms with Crippen LogP contribution in [0.2, 0.25) is 0 Å². The van der Waals surface area contributed by atoms with Crippen molar-refractivity contribution in [1.82, 2.24) is 0 Å². The summed E-state index contributed by atoms with van der Waals surface area (Å²) in [6.45, 7) is 0.610. The molecule has 0 aromatic heterocycles. The summed E-state index contributed by atoms with van der Waals surface area (Å²) >= 11 is 2.36. The minimum absolute atomic E-state index is 0.380. The van der Waals surface area contributed by atoms with Gasteiger partial charge in [-0.15, -0.1) is 0 Å². The van der Waals surface area contributed by atoms with Crippen molar-refractivity contribution in [2.45, 2.75) is 115 Å². The van der Waals surface area contributed by atoms with E-state index in [-0.39, 0.29) is 6.10 Å². The lowest BCUT2D eigenvalue weighted by atomic mass is 10.0. The maximum Gasteiger partial charge on any atom is 0.470 e.